The molecule has 1 aliphatic heterocycles. The van der Waals surface area contributed by atoms with Gasteiger partial charge in [0.15, 0.2) is 9.79 Å². The molecule has 90 valence electrons. The molecule has 0 saturated heterocycles. The second kappa shape index (κ2) is 4.41. The largest absolute Gasteiger partial charge is 0.332 e. The number of hydrogen-bond donors (Lipinski definition) is 3. The molecule has 2 heterocycles. The maximum Gasteiger partial charge on any atom is 0.159 e. The Morgan fingerprint density at radius 3 is 2.83 bits per heavy atom. The number of rotatable bonds is 1. The molecule has 1 aliphatic rings. The number of aliphatic imine (C=N–C) groups is 1. The zero-order valence-corrected chi connectivity index (χ0v) is 12.9. The standard InChI is InChI=1S/C11H6BrN3S3/c12-4-1-2-5-6(3-4)7(14-9(5)13)8-10(16)15-11(17)18-8/h1-3,13,16H,(H,15,17). The molecule has 0 aliphatic carbocycles. The number of aromatic amines is 1. The molecular formula is C11H6BrN3S3. The quantitative estimate of drug-likeness (QED) is 0.524. The van der Waals surface area contributed by atoms with Crippen molar-refractivity contribution in [3.63, 3.8) is 0 Å². The van der Waals surface area contributed by atoms with Crippen LogP contribution in [0.4, 0.5) is 0 Å². The van der Waals surface area contributed by atoms with Gasteiger partial charge in [-0.2, -0.15) is 0 Å². The lowest BCUT2D eigenvalue weighted by molar-refractivity contribution is 1.19. The van der Waals surface area contributed by atoms with Gasteiger partial charge in [0.2, 0.25) is 0 Å². The summed E-state index contributed by atoms with van der Waals surface area (Å²) in [6.45, 7) is 0. The van der Waals surface area contributed by atoms with Crippen LogP contribution in [-0.4, -0.2) is 16.5 Å². The molecule has 0 radical (unpaired) electrons. The topological polar surface area (TPSA) is 52.0 Å². The predicted molar refractivity (Wildman–Crippen MR) is 83.4 cm³/mol. The smallest absolute Gasteiger partial charge is 0.159 e. The third-order valence-corrected chi connectivity index (χ3v) is 4.78. The van der Waals surface area contributed by atoms with Crippen molar-refractivity contribution in [1.29, 1.82) is 5.41 Å². The van der Waals surface area contributed by atoms with E-state index in [9.17, 15) is 0 Å². The van der Waals surface area contributed by atoms with Crippen LogP contribution in [0.2, 0.25) is 0 Å². The number of halogens is 1. The molecule has 3 rings (SSSR count). The second-order valence-electron chi connectivity index (χ2n) is 3.69. The summed E-state index contributed by atoms with van der Waals surface area (Å²) in [5, 5.41) is 8.60. The van der Waals surface area contributed by atoms with Crippen LogP contribution in [0.15, 0.2) is 32.7 Å². The number of thiol groups is 1. The Kier molecular flexibility index (Phi) is 3.01. The van der Waals surface area contributed by atoms with E-state index in [0.717, 1.165) is 26.2 Å². The van der Waals surface area contributed by atoms with E-state index >= 15 is 0 Å². The van der Waals surface area contributed by atoms with Crippen LogP contribution in [0.25, 0.3) is 0 Å². The molecule has 3 nitrogen and oxygen atoms in total. The molecule has 0 atom stereocenters. The van der Waals surface area contributed by atoms with Gasteiger partial charge >= 0.3 is 0 Å². The molecule has 0 unspecified atom stereocenters. The minimum Gasteiger partial charge on any atom is -0.332 e. The first-order valence-electron chi connectivity index (χ1n) is 4.96. The van der Waals surface area contributed by atoms with E-state index in [-0.39, 0.29) is 5.84 Å². The summed E-state index contributed by atoms with van der Waals surface area (Å²) < 4.78 is 1.62. The van der Waals surface area contributed by atoms with Crippen molar-refractivity contribution in [2.45, 2.75) is 5.03 Å². The molecule has 1 aromatic carbocycles. The van der Waals surface area contributed by atoms with Gasteiger partial charge in [-0.3, -0.25) is 5.41 Å². The highest BCUT2D eigenvalue weighted by Gasteiger charge is 2.24. The lowest BCUT2D eigenvalue weighted by atomic mass is 10.1. The van der Waals surface area contributed by atoms with Crippen molar-refractivity contribution in [3.8, 4) is 0 Å². The maximum atomic E-state index is 7.90. The fraction of sp³-hybridized carbons (Fsp3) is 0. The summed E-state index contributed by atoms with van der Waals surface area (Å²) in [6, 6.07) is 5.76. The fourth-order valence-electron chi connectivity index (χ4n) is 1.80. The average Bonchev–Trinajstić information content (AvgIpc) is 2.79. The first-order valence-corrected chi connectivity index (χ1v) is 7.43. The number of amidine groups is 1. The summed E-state index contributed by atoms with van der Waals surface area (Å²) in [5.41, 5.74) is 2.54. The Hall–Kier alpha value is -0.760. The molecule has 0 fully saturated rings. The van der Waals surface area contributed by atoms with Crippen LogP contribution in [0, 0.1) is 9.36 Å². The first-order chi connectivity index (χ1) is 8.56. The summed E-state index contributed by atoms with van der Waals surface area (Å²) in [4.78, 5) is 8.18. The van der Waals surface area contributed by atoms with Crippen molar-refractivity contribution in [3.05, 3.63) is 42.6 Å². The minimum atomic E-state index is 0.277. The zero-order valence-electron chi connectivity index (χ0n) is 8.82. The van der Waals surface area contributed by atoms with Crippen LogP contribution in [-0.2, 0) is 0 Å². The van der Waals surface area contributed by atoms with E-state index < -0.39 is 0 Å². The monoisotopic (exact) mass is 355 g/mol. The Morgan fingerprint density at radius 1 is 1.39 bits per heavy atom. The Labute approximate surface area is 126 Å². The molecule has 1 aromatic heterocycles. The van der Waals surface area contributed by atoms with Gasteiger partial charge in [0.1, 0.15) is 0 Å². The number of H-pyrrole nitrogens is 1. The highest BCUT2D eigenvalue weighted by Crippen LogP contribution is 2.30. The molecule has 0 spiro atoms. The summed E-state index contributed by atoms with van der Waals surface area (Å²) in [7, 11) is 0. The van der Waals surface area contributed by atoms with E-state index in [4.69, 9.17) is 17.6 Å². The SMILES string of the molecule is N=C1N=C(c2sc(=S)[nH]c2S)c2cc(Br)ccc21. The third-order valence-electron chi connectivity index (χ3n) is 2.56. The van der Waals surface area contributed by atoms with Gasteiger partial charge in [-0.1, -0.05) is 15.9 Å². The van der Waals surface area contributed by atoms with Crippen molar-refractivity contribution in [2.75, 3.05) is 0 Å². The summed E-state index contributed by atoms with van der Waals surface area (Å²) >= 11 is 14.3. The number of thiazole rings is 1. The van der Waals surface area contributed by atoms with Gasteiger partial charge in [0, 0.05) is 15.6 Å². The molecule has 0 bridgehead atoms. The predicted octanol–water partition coefficient (Wildman–Crippen LogP) is 4.03. The number of aromatic nitrogens is 1. The Balaban J connectivity index is 2.25. The molecule has 2 aromatic rings. The van der Waals surface area contributed by atoms with Crippen molar-refractivity contribution in [1.82, 2.24) is 4.98 Å². The van der Waals surface area contributed by atoms with Crippen LogP contribution >= 0.6 is 52.1 Å². The maximum absolute atomic E-state index is 7.90. The second-order valence-corrected chi connectivity index (χ2v) is 6.74. The van der Waals surface area contributed by atoms with E-state index in [0.29, 0.717) is 8.98 Å². The zero-order chi connectivity index (χ0) is 12.9. The molecule has 0 saturated carbocycles. The normalized spacial score (nSPS) is 13.7. The number of nitrogens with one attached hydrogen (secondary N) is 2. The van der Waals surface area contributed by atoms with E-state index in [1.165, 1.54) is 11.3 Å². The fourth-order valence-corrected chi connectivity index (χ4v) is 3.76. The van der Waals surface area contributed by atoms with Gasteiger partial charge in [0.25, 0.3) is 0 Å². The van der Waals surface area contributed by atoms with Crippen molar-refractivity contribution in [2.24, 2.45) is 4.99 Å². The van der Waals surface area contributed by atoms with Gasteiger partial charge in [0.05, 0.1) is 15.6 Å². The first kappa shape index (κ1) is 12.3. The number of fused-ring (bicyclic) bond motifs is 1. The van der Waals surface area contributed by atoms with Gasteiger partial charge in [-0.05, 0) is 30.4 Å². The molecule has 7 heteroatoms. The number of hydrogen-bond acceptors (Lipinski definition) is 4. The highest BCUT2D eigenvalue weighted by atomic mass is 79.9. The number of benzene rings is 1. The van der Waals surface area contributed by atoms with Crippen LogP contribution in [0.3, 0.4) is 0 Å². The average molecular weight is 356 g/mol. The summed E-state index contributed by atoms with van der Waals surface area (Å²) in [5.74, 6) is 0.277. The molecule has 18 heavy (non-hydrogen) atoms. The van der Waals surface area contributed by atoms with Gasteiger partial charge < -0.3 is 4.98 Å². The van der Waals surface area contributed by atoms with Crippen molar-refractivity contribution < 1.29 is 0 Å². The lowest BCUT2D eigenvalue weighted by Gasteiger charge is -2.02. The Morgan fingerprint density at radius 2 is 2.17 bits per heavy atom. The van der Waals surface area contributed by atoms with Gasteiger partial charge in [-0.25, -0.2) is 4.99 Å². The molecule has 0 amide bonds. The molecule has 2 N–H and O–H groups in total. The van der Waals surface area contributed by atoms with E-state index in [1.807, 2.05) is 18.2 Å². The molecular weight excluding hydrogens is 350 g/mol. The van der Waals surface area contributed by atoms with Crippen LogP contribution < -0.4 is 0 Å². The highest BCUT2D eigenvalue weighted by molar-refractivity contribution is 9.10. The summed E-state index contributed by atoms with van der Waals surface area (Å²) in [6.07, 6.45) is 0. The lowest BCUT2D eigenvalue weighted by Crippen LogP contribution is -1.99. The van der Waals surface area contributed by atoms with Crippen molar-refractivity contribution >= 4 is 63.7 Å². The number of nitrogens with zero attached hydrogens (tertiary/aromatic N) is 1. The van der Waals surface area contributed by atoms with Gasteiger partial charge in [-0.15, -0.1) is 24.0 Å². The Bertz CT molecular complexity index is 757. The van der Waals surface area contributed by atoms with Crippen LogP contribution in [0.5, 0.6) is 0 Å². The van der Waals surface area contributed by atoms with E-state index in [2.05, 4.69) is 38.5 Å². The van der Waals surface area contributed by atoms with Crippen LogP contribution in [0.1, 0.15) is 16.0 Å². The minimum absolute atomic E-state index is 0.277. The van der Waals surface area contributed by atoms with E-state index in [1.54, 1.807) is 0 Å². The third kappa shape index (κ3) is 1.91.